The van der Waals surface area contributed by atoms with Crippen LogP contribution in [0.15, 0.2) is 36.4 Å². The van der Waals surface area contributed by atoms with Gasteiger partial charge >= 0.3 is 0 Å². The van der Waals surface area contributed by atoms with Crippen molar-refractivity contribution in [3.8, 4) is 11.1 Å². The van der Waals surface area contributed by atoms with Crippen molar-refractivity contribution in [1.29, 1.82) is 0 Å². The Morgan fingerprint density at radius 3 is 2.00 bits per heavy atom. The fourth-order valence-corrected chi connectivity index (χ4v) is 2.58. The van der Waals surface area contributed by atoms with E-state index < -0.39 is 0 Å². The predicted molar refractivity (Wildman–Crippen MR) is 76.5 cm³/mol. The third-order valence-corrected chi connectivity index (χ3v) is 3.48. The molecular formula is C13H8Cl4. The molecule has 0 saturated heterocycles. The summed E-state index contributed by atoms with van der Waals surface area (Å²) in [6, 6.07) is 11.1. The molecule has 2 aromatic carbocycles. The average Bonchev–Trinajstić information content (AvgIpc) is 2.28. The minimum Gasteiger partial charge on any atom is -0.121 e. The van der Waals surface area contributed by atoms with Gasteiger partial charge in [-0.1, -0.05) is 40.9 Å². The lowest BCUT2D eigenvalue weighted by Gasteiger charge is -2.07. The standard InChI is InChI=1S/C13H8Cl4/c14-7-10-3-8(1-2-13(10)17)9-4-11(15)6-12(16)5-9/h1-6H,7H2. The number of hydrogen-bond donors (Lipinski definition) is 0. The highest BCUT2D eigenvalue weighted by Crippen LogP contribution is 2.30. The Balaban J connectivity index is 2.52. The minimum absolute atomic E-state index is 0.376. The fourth-order valence-electron chi connectivity index (χ4n) is 1.58. The van der Waals surface area contributed by atoms with Crippen LogP contribution in [-0.2, 0) is 5.88 Å². The lowest BCUT2D eigenvalue weighted by Crippen LogP contribution is -1.84. The summed E-state index contributed by atoms with van der Waals surface area (Å²) in [5.74, 6) is 0.376. The highest BCUT2D eigenvalue weighted by Gasteiger charge is 2.05. The summed E-state index contributed by atoms with van der Waals surface area (Å²) in [4.78, 5) is 0. The topological polar surface area (TPSA) is 0 Å². The second-order valence-electron chi connectivity index (χ2n) is 3.60. The summed E-state index contributed by atoms with van der Waals surface area (Å²) < 4.78 is 0. The first-order chi connectivity index (χ1) is 8.10. The molecule has 0 amide bonds. The van der Waals surface area contributed by atoms with Crippen molar-refractivity contribution in [2.24, 2.45) is 0 Å². The van der Waals surface area contributed by atoms with Crippen molar-refractivity contribution in [2.45, 2.75) is 5.88 Å². The number of benzene rings is 2. The van der Waals surface area contributed by atoms with Gasteiger partial charge in [0.15, 0.2) is 0 Å². The van der Waals surface area contributed by atoms with E-state index in [-0.39, 0.29) is 0 Å². The van der Waals surface area contributed by atoms with Gasteiger partial charge < -0.3 is 0 Å². The van der Waals surface area contributed by atoms with E-state index in [0.717, 1.165) is 16.7 Å². The summed E-state index contributed by atoms with van der Waals surface area (Å²) >= 11 is 23.8. The van der Waals surface area contributed by atoms with E-state index in [1.54, 1.807) is 6.07 Å². The molecule has 0 atom stereocenters. The maximum absolute atomic E-state index is 6.01. The maximum atomic E-state index is 6.01. The third-order valence-electron chi connectivity index (χ3n) is 2.39. The molecule has 0 aliphatic heterocycles. The van der Waals surface area contributed by atoms with Crippen molar-refractivity contribution in [3.05, 3.63) is 57.0 Å². The molecule has 0 heterocycles. The molecule has 0 spiro atoms. The quantitative estimate of drug-likeness (QED) is 0.592. The molecule has 0 aliphatic rings. The van der Waals surface area contributed by atoms with E-state index in [1.807, 2.05) is 30.3 Å². The van der Waals surface area contributed by atoms with Crippen LogP contribution in [0.5, 0.6) is 0 Å². The Hall–Kier alpha value is -0.400. The predicted octanol–water partition coefficient (Wildman–Crippen LogP) is 6.05. The van der Waals surface area contributed by atoms with E-state index in [0.29, 0.717) is 20.9 Å². The molecule has 4 heteroatoms. The minimum atomic E-state index is 0.376. The van der Waals surface area contributed by atoms with Gasteiger partial charge in [-0.15, -0.1) is 11.6 Å². The van der Waals surface area contributed by atoms with E-state index in [9.17, 15) is 0 Å². The highest BCUT2D eigenvalue weighted by atomic mass is 35.5. The molecule has 0 aliphatic carbocycles. The van der Waals surface area contributed by atoms with Crippen LogP contribution in [0.1, 0.15) is 5.56 Å². The van der Waals surface area contributed by atoms with Crippen molar-refractivity contribution in [1.82, 2.24) is 0 Å². The molecule has 0 N–H and O–H groups in total. The van der Waals surface area contributed by atoms with Crippen LogP contribution in [0.3, 0.4) is 0 Å². The Morgan fingerprint density at radius 1 is 0.765 bits per heavy atom. The molecule has 0 radical (unpaired) electrons. The zero-order valence-electron chi connectivity index (χ0n) is 8.68. The largest absolute Gasteiger partial charge is 0.121 e. The zero-order chi connectivity index (χ0) is 12.4. The van der Waals surface area contributed by atoms with Gasteiger partial charge in [-0.25, -0.2) is 0 Å². The number of alkyl halides is 1. The van der Waals surface area contributed by atoms with Gasteiger partial charge in [-0.3, -0.25) is 0 Å². The molecule has 17 heavy (non-hydrogen) atoms. The molecule has 88 valence electrons. The molecule has 0 unspecified atom stereocenters. The van der Waals surface area contributed by atoms with Gasteiger partial charge in [0.25, 0.3) is 0 Å². The van der Waals surface area contributed by atoms with Gasteiger partial charge in [0, 0.05) is 20.9 Å². The van der Waals surface area contributed by atoms with E-state index in [1.165, 1.54) is 0 Å². The van der Waals surface area contributed by atoms with E-state index in [4.69, 9.17) is 46.4 Å². The first-order valence-corrected chi connectivity index (χ1v) is 6.58. The molecule has 0 aromatic heterocycles. The van der Waals surface area contributed by atoms with Crippen LogP contribution >= 0.6 is 46.4 Å². The van der Waals surface area contributed by atoms with E-state index in [2.05, 4.69) is 0 Å². The summed E-state index contributed by atoms with van der Waals surface area (Å²) in [5.41, 5.74) is 2.84. The van der Waals surface area contributed by atoms with Crippen molar-refractivity contribution in [2.75, 3.05) is 0 Å². The summed E-state index contributed by atoms with van der Waals surface area (Å²) in [7, 11) is 0. The van der Waals surface area contributed by atoms with E-state index >= 15 is 0 Å². The molecular weight excluding hydrogens is 298 g/mol. The van der Waals surface area contributed by atoms with Crippen molar-refractivity contribution in [3.63, 3.8) is 0 Å². The van der Waals surface area contributed by atoms with Crippen molar-refractivity contribution < 1.29 is 0 Å². The zero-order valence-corrected chi connectivity index (χ0v) is 11.7. The Kier molecular flexibility index (Phi) is 4.22. The van der Waals surface area contributed by atoms with Crippen LogP contribution in [0.25, 0.3) is 11.1 Å². The Bertz CT molecular complexity index is 529. The number of hydrogen-bond acceptors (Lipinski definition) is 0. The lowest BCUT2D eigenvalue weighted by molar-refractivity contribution is 1.40. The number of halogens is 4. The smallest absolute Gasteiger partial charge is 0.0489 e. The van der Waals surface area contributed by atoms with Crippen LogP contribution in [0.2, 0.25) is 15.1 Å². The molecule has 0 saturated carbocycles. The average molecular weight is 306 g/mol. The molecule has 2 aromatic rings. The van der Waals surface area contributed by atoms with Crippen LogP contribution < -0.4 is 0 Å². The van der Waals surface area contributed by atoms with Gasteiger partial charge in [0.2, 0.25) is 0 Å². The fraction of sp³-hybridized carbons (Fsp3) is 0.0769. The molecule has 0 nitrogen and oxygen atoms in total. The molecule has 0 fully saturated rings. The lowest BCUT2D eigenvalue weighted by atomic mass is 10.0. The first-order valence-electron chi connectivity index (χ1n) is 4.91. The van der Waals surface area contributed by atoms with Crippen LogP contribution in [-0.4, -0.2) is 0 Å². The second-order valence-corrected chi connectivity index (χ2v) is 5.15. The van der Waals surface area contributed by atoms with Crippen LogP contribution in [0, 0.1) is 0 Å². The Morgan fingerprint density at radius 2 is 1.41 bits per heavy atom. The summed E-state index contributed by atoms with van der Waals surface area (Å²) in [5, 5.41) is 1.88. The maximum Gasteiger partial charge on any atom is 0.0489 e. The highest BCUT2D eigenvalue weighted by molar-refractivity contribution is 6.35. The monoisotopic (exact) mass is 304 g/mol. The summed E-state index contributed by atoms with van der Waals surface area (Å²) in [6.07, 6.45) is 0. The first kappa shape index (κ1) is 13.0. The van der Waals surface area contributed by atoms with Gasteiger partial charge in [0.1, 0.15) is 0 Å². The third kappa shape index (κ3) is 3.08. The second kappa shape index (κ2) is 5.49. The van der Waals surface area contributed by atoms with Crippen LogP contribution in [0.4, 0.5) is 0 Å². The Labute approximate surface area is 120 Å². The van der Waals surface area contributed by atoms with Gasteiger partial charge in [-0.2, -0.15) is 0 Å². The van der Waals surface area contributed by atoms with Gasteiger partial charge in [0.05, 0.1) is 0 Å². The van der Waals surface area contributed by atoms with Gasteiger partial charge in [-0.05, 0) is 47.0 Å². The normalized spacial score (nSPS) is 10.6. The number of rotatable bonds is 2. The summed E-state index contributed by atoms with van der Waals surface area (Å²) in [6.45, 7) is 0. The van der Waals surface area contributed by atoms with Crippen molar-refractivity contribution >= 4 is 46.4 Å². The SMILES string of the molecule is ClCc1cc(-c2cc(Cl)cc(Cl)c2)ccc1Cl. The molecule has 2 rings (SSSR count). The molecule has 0 bridgehead atoms.